The number of primary amides is 1. The maximum absolute atomic E-state index is 10.6. The Kier molecular flexibility index (Phi) is 3.14. The minimum atomic E-state index is -0.280. The first-order valence-corrected chi connectivity index (χ1v) is 5.17. The van der Waals surface area contributed by atoms with Crippen molar-refractivity contribution >= 4 is 23.4 Å². The molecule has 0 bridgehead atoms. The van der Waals surface area contributed by atoms with Crippen molar-refractivity contribution in [2.45, 2.75) is 26.8 Å². The summed E-state index contributed by atoms with van der Waals surface area (Å²) in [7, 11) is 0. The van der Waals surface area contributed by atoms with Crippen LogP contribution in [0.25, 0.3) is 0 Å². The molecule has 0 aliphatic carbocycles. The van der Waals surface area contributed by atoms with E-state index in [9.17, 15) is 4.79 Å². The Morgan fingerprint density at radius 1 is 1.62 bits per heavy atom. The lowest BCUT2D eigenvalue weighted by molar-refractivity contribution is -0.115. The third-order valence-electron chi connectivity index (χ3n) is 2.06. The molecule has 0 saturated heterocycles. The van der Waals surface area contributed by atoms with Gasteiger partial charge in [-0.15, -0.1) is 11.8 Å². The molecule has 1 aliphatic heterocycles. The molecule has 1 amide bonds. The smallest absolute Gasteiger partial charge is 0.227 e. The number of carbonyl (C=O) groups excluding carboxylic acids is 1. The minimum absolute atomic E-state index is 0.260. The summed E-state index contributed by atoms with van der Waals surface area (Å²) in [4.78, 5) is 16.1. The number of amides is 1. The van der Waals surface area contributed by atoms with Crippen molar-refractivity contribution in [3.8, 4) is 0 Å². The summed E-state index contributed by atoms with van der Waals surface area (Å²) in [6.45, 7) is 6.07. The number of hydrogen-bond donors (Lipinski definition) is 1. The van der Waals surface area contributed by atoms with Crippen molar-refractivity contribution in [2.24, 2.45) is 10.7 Å². The van der Waals surface area contributed by atoms with Gasteiger partial charge in [-0.1, -0.05) is 0 Å². The zero-order valence-corrected chi connectivity index (χ0v) is 8.94. The van der Waals surface area contributed by atoms with Crippen LogP contribution in [0, 0.1) is 0 Å². The van der Waals surface area contributed by atoms with E-state index in [0.717, 1.165) is 10.6 Å². The molecule has 2 N–H and O–H groups in total. The number of nitrogens with two attached hydrogens (primary N) is 1. The first-order chi connectivity index (χ1) is 6.02. The van der Waals surface area contributed by atoms with E-state index in [1.165, 1.54) is 17.3 Å². The fraction of sp³-hybridized carbons (Fsp3) is 0.556. The maximum Gasteiger partial charge on any atom is 0.227 e. The minimum Gasteiger partial charge on any atom is -0.369 e. The second-order valence-corrected chi connectivity index (χ2v) is 4.14. The van der Waals surface area contributed by atoms with Crippen molar-refractivity contribution < 1.29 is 4.79 Å². The van der Waals surface area contributed by atoms with Crippen LogP contribution in [-0.2, 0) is 4.79 Å². The zero-order chi connectivity index (χ0) is 10.0. The van der Waals surface area contributed by atoms with E-state index in [2.05, 4.69) is 11.9 Å². The predicted octanol–water partition coefficient (Wildman–Crippen LogP) is 1.34. The Morgan fingerprint density at radius 3 is 2.62 bits per heavy atom. The summed E-state index contributed by atoms with van der Waals surface area (Å²) in [6, 6.07) is 0.260. The molecule has 1 heterocycles. The van der Waals surface area contributed by atoms with E-state index in [0.29, 0.717) is 5.75 Å². The van der Waals surface area contributed by atoms with Gasteiger partial charge in [-0.25, -0.2) is 0 Å². The van der Waals surface area contributed by atoms with E-state index in [-0.39, 0.29) is 11.9 Å². The number of nitrogens with zero attached hydrogens (tertiary/aromatic N) is 1. The van der Waals surface area contributed by atoms with E-state index in [1.807, 2.05) is 13.8 Å². The van der Waals surface area contributed by atoms with Crippen molar-refractivity contribution in [2.75, 3.05) is 5.75 Å². The summed E-state index contributed by atoms with van der Waals surface area (Å²) < 4.78 is 0. The van der Waals surface area contributed by atoms with Crippen LogP contribution >= 0.6 is 11.8 Å². The Balaban J connectivity index is 2.68. The average Bonchev–Trinajstić information content (AvgIpc) is 2.24. The molecule has 0 spiro atoms. The fourth-order valence-electron chi connectivity index (χ4n) is 1.28. The molecular weight excluding hydrogens is 184 g/mol. The van der Waals surface area contributed by atoms with Gasteiger partial charge in [0.25, 0.3) is 0 Å². The highest BCUT2D eigenvalue weighted by Crippen LogP contribution is 2.29. The summed E-state index contributed by atoms with van der Waals surface area (Å²) in [5.74, 6) is 0.0596. The molecule has 0 radical (unpaired) electrons. The van der Waals surface area contributed by atoms with Gasteiger partial charge < -0.3 is 5.73 Å². The van der Waals surface area contributed by atoms with Gasteiger partial charge in [-0.05, 0) is 26.3 Å². The molecule has 72 valence electrons. The van der Waals surface area contributed by atoms with Gasteiger partial charge in [0.2, 0.25) is 5.91 Å². The highest BCUT2D eigenvalue weighted by molar-refractivity contribution is 8.04. The van der Waals surface area contributed by atoms with E-state index in [1.54, 1.807) is 0 Å². The molecule has 1 aliphatic rings. The normalized spacial score (nSPS) is 22.1. The summed E-state index contributed by atoms with van der Waals surface area (Å²) >= 11 is 1.49. The number of allylic oxidation sites excluding steroid dienone is 1. The van der Waals surface area contributed by atoms with E-state index >= 15 is 0 Å². The van der Waals surface area contributed by atoms with Crippen LogP contribution in [0.3, 0.4) is 0 Å². The van der Waals surface area contributed by atoms with Crippen molar-refractivity contribution in [3.05, 3.63) is 10.5 Å². The van der Waals surface area contributed by atoms with Crippen LogP contribution in [-0.4, -0.2) is 23.4 Å². The Bertz CT molecular complexity index is 294. The number of thioether (sulfide) groups is 1. The van der Waals surface area contributed by atoms with Gasteiger partial charge in [0.15, 0.2) is 0 Å². The SMILES string of the molecule is CC1=NC(C)C(C)=C1SCC(N)=O. The summed E-state index contributed by atoms with van der Waals surface area (Å²) in [6.07, 6.45) is 0. The number of aliphatic imine (C=N–C) groups is 1. The third kappa shape index (κ3) is 2.34. The van der Waals surface area contributed by atoms with Crippen molar-refractivity contribution in [1.82, 2.24) is 0 Å². The Labute approximate surface area is 82.5 Å². The molecule has 3 nitrogen and oxygen atoms in total. The van der Waals surface area contributed by atoms with Gasteiger partial charge >= 0.3 is 0 Å². The van der Waals surface area contributed by atoms with Crippen LogP contribution in [0.4, 0.5) is 0 Å². The fourth-order valence-corrected chi connectivity index (χ4v) is 2.23. The average molecular weight is 198 g/mol. The molecule has 1 atom stereocenters. The molecule has 0 aromatic carbocycles. The van der Waals surface area contributed by atoms with Crippen molar-refractivity contribution in [3.63, 3.8) is 0 Å². The second kappa shape index (κ2) is 3.96. The topological polar surface area (TPSA) is 55.4 Å². The van der Waals surface area contributed by atoms with Crippen LogP contribution in [0.1, 0.15) is 20.8 Å². The quantitative estimate of drug-likeness (QED) is 0.744. The van der Waals surface area contributed by atoms with Crippen LogP contribution in [0.15, 0.2) is 15.5 Å². The zero-order valence-electron chi connectivity index (χ0n) is 8.13. The van der Waals surface area contributed by atoms with Crippen molar-refractivity contribution in [1.29, 1.82) is 0 Å². The first kappa shape index (κ1) is 10.3. The Morgan fingerprint density at radius 2 is 2.23 bits per heavy atom. The molecular formula is C9H14N2OS. The lowest BCUT2D eigenvalue weighted by atomic mass is 10.2. The molecule has 0 saturated carbocycles. The van der Waals surface area contributed by atoms with Gasteiger partial charge in [0.05, 0.1) is 11.8 Å². The van der Waals surface area contributed by atoms with Gasteiger partial charge in [-0.2, -0.15) is 0 Å². The van der Waals surface area contributed by atoms with E-state index in [4.69, 9.17) is 5.73 Å². The van der Waals surface area contributed by atoms with Gasteiger partial charge in [0.1, 0.15) is 0 Å². The molecule has 1 rings (SSSR count). The lowest BCUT2D eigenvalue weighted by Crippen LogP contribution is -2.13. The number of carbonyl (C=O) groups is 1. The summed E-state index contributed by atoms with van der Waals surface area (Å²) in [5.41, 5.74) is 7.34. The third-order valence-corrected chi connectivity index (χ3v) is 3.39. The van der Waals surface area contributed by atoms with E-state index < -0.39 is 0 Å². The first-order valence-electron chi connectivity index (χ1n) is 4.19. The molecule has 0 aromatic rings. The second-order valence-electron chi connectivity index (χ2n) is 3.16. The predicted molar refractivity (Wildman–Crippen MR) is 56.9 cm³/mol. The molecule has 0 aromatic heterocycles. The largest absolute Gasteiger partial charge is 0.369 e. The van der Waals surface area contributed by atoms with Crippen LogP contribution in [0.5, 0.6) is 0 Å². The molecule has 0 fully saturated rings. The monoisotopic (exact) mass is 198 g/mol. The molecule has 13 heavy (non-hydrogen) atoms. The number of hydrogen-bond acceptors (Lipinski definition) is 3. The molecule has 1 unspecified atom stereocenters. The summed E-state index contributed by atoms with van der Waals surface area (Å²) in [5, 5.41) is 0. The van der Waals surface area contributed by atoms with Gasteiger partial charge in [-0.3, -0.25) is 9.79 Å². The molecule has 4 heteroatoms. The van der Waals surface area contributed by atoms with Crippen LogP contribution < -0.4 is 5.73 Å². The standard InChI is InChI=1S/C9H14N2OS/c1-5-6(2)11-7(3)9(5)13-4-8(10)12/h6H,4H2,1-3H3,(H2,10,12). The lowest BCUT2D eigenvalue weighted by Gasteiger charge is -2.03. The van der Waals surface area contributed by atoms with Crippen LogP contribution in [0.2, 0.25) is 0 Å². The Hall–Kier alpha value is -0.770. The maximum atomic E-state index is 10.6. The highest BCUT2D eigenvalue weighted by atomic mass is 32.2. The van der Waals surface area contributed by atoms with Gasteiger partial charge in [0, 0.05) is 10.6 Å². The number of rotatable bonds is 3. The highest BCUT2D eigenvalue weighted by Gasteiger charge is 2.19.